The summed E-state index contributed by atoms with van der Waals surface area (Å²) in [7, 11) is 0. The lowest BCUT2D eigenvalue weighted by Crippen LogP contribution is -2.23. The molecule has 22 heavy (non-hydrogen) atoms. The number of aromatic nitrogens is 2. The molecule has 1 heterocycles. The summed E-state index contributed by atoms with van der Waals surface area (Å²) in [5.74, 6) is 0.214. The highest BCUT2D eigenvalue weighted by Crippen LogP contribution is 2.31. The van der Waals surface area contributed by atoms with Crippen LogP contribution in [0.25, 0.3) is 11.0 Å². The van der Waals surface area contributed by atoms with Crippen LogP contribution in [0.15, 0.2) is 46.9 Å². The second-order valence-corrected chi connectivity index (χ2v) is 6.57. The Balaban J connectivity index is 1.72. The maximum Gasteiger partial charge on any atom is 0.237 e. The van der Waals surface area contributed by atoms with Crippen molar-refractivity contribution in [2.75, 3.05) is 5.73 Å². The summed E-state index contributed by atoms with van der Waals surface area (Å²) in [6, 6.07) is 13.7. The molecule has 0 bridgehead atoms. The third kappa shape index (κ3) is 2.04. The van der Waals surface area contributed by atoms with E-state index in [9.17, 15) is 4.79 Å². The van der Waals surface area contributed by atoms with Crippen LogP contribution in [0.1, 0.15) is 15.9 Å². The first kappa shape index (κ1) is 13.5. The van der Waals surface area contributed by atoms with Gasteiger partial charge in [-0.1, -0.05) is 34.1 Å². The predicted molar refractivity (Wildman–Crippen MR) is 89.8 cm³/mol. The summed E-state index contributed by atoms with van der Waals surface area (Å²) in [6.07, 6.45) is 1.51. The second kappa shape index (κ2) is 4.95. The minimum Gasteiger partial charge on any atom is -0.369 e. The lowest BCUT2D eigenvalue weighted by molar-refractivity contribution is 0.0847. The zero-order chi connectivity index (χ0) is 15.3. The number of nitrogens with two attached hydrogens (primary N) is 1. The molecule has 2 aromatic carbocycles. The minimum absolute atomic E-state index is 0.0264. The fourth-order valence-electron chi connectivity index (χ4n) is 3.22. The number of nitrogens with zero attached hydrogens (tertiary/aromatic N) is 2. The van der Waals surface area contributed by atoms with Gasteiger partial charge >= 0.3 is 0 Å². The topological polar surface area (TPSA) is 60.9 Å². The highest BCUT2D eigenvalue weighted by Gasteiger charge is 2.30. The van der Waals surface area contributed by atoms with Crippen LogP contribution in [0.4, 0.5) is 5.95 Å². The van der Waals surface area contributed by atoms with Crippen LogP contribution in [-0.2, 0) is 12.8 Å². The molecule has 1 aliphatic rings. The molecule has 0 fully saturated rings. The Morgan fingerprint density at radius 3 is 2.82 bits per heavy atom. The number of halogens is 1. The molecule has 1 aromatic heterocycles. The van der Waals surface area contributed by atoms with E-state index < -0.39 is 0 Å². The Kier molecular flexibility index (Phi) is 3.04. The lowest BCUT2D eigenvalue weighted by Gasteiger charge is -2.10. The standard InChI is InChI=1S/C17H14BrN3O/c18-13-6-5-10-7-12(8-11(10)9-13)16(22)21-15-4-2-1-3-14(15)20-17(21)19/h1-6,9,12H,7-8H2,(H2,19,20). The normalized spacial score (nSPS) is 16.9. The van der Waals surface area contributed by atoms with Gasteiger partial charge in [0.2, 0.25) is 11.9 Å². The molecule has 0 spiro atoms. The van der Waals surface area contributed by atoms with Crippen molar-refractivity contribution >= 4 is 38.8 Å². The average molecular weight is 356 g/mol. The van der Waals surface area contributed by atoms with Gasteiger partial charge in [-0.3, -0.25) is 4.79 Å². The van der Waals surface area contributed by atoms with Gasteiger partial charge in [0.25, 0.3) is 0 Å². The van der Waals surface area contributed by atoms with Gasteiger partial charge in [0.1, 0.15) is 0 Å². The lowest BCUT2D eigenvalue weighted by atomic mass is 10.1. The van der Waals surface area contributed by atoms with Crippen LogP contribution >= 0.6 is 15.9 Å². The van der Waals surface area contributed by atoms with Gasteiger partial charge in [0.05, 0.1) is 11.0 Å². The third-order valence-electron chi connectivity index (χ3n) is 4.26. The number of carbonyl (C=O) groups excluding carboxylic acids is 1. The highest BCUT2D eigenvalue weighted by molar-refractivity contribution is 9.10. The molecular formula is C17H14BrN3O. The van der Waals surface area contributed by atoms with Crippen molar-refractivity contribution in [2.45, 2.75) is 12.8 Å². The molecular weight excluding hydrogens is 342 g/mol. The molecule has 5 heteroatoms. The van der Waals surface area contributed by atoms with Crippen molar-refractivity contribution in [3.63, 3.8) is 0 Å². The number of hydrogen-bond donors (Lipinski definition) is 1. The van der Waals surface area contributed by atoms with Crippen LogP contribution in [0.5, 0.6) is 0 Å². The van der Waals surface area contributed by atoms with E-state index in [1.165, 1.54) is 11.1 Å². The molecule has 1 aliphatic carbocycles. The summed E-state index contributed by atoms with van der Waals surface area (Å²) in [4.78, 5) is 17.2. The van der Waals surface area contributed by atoms with Gasteiger partial charge in [-0.25, -0.2) is 9.55 Å². The second-order valence-electron chi connectivity index (χ2n) is 5.65. The molecule has 4 nitrogen and oxygen atoms in total. The smallest absolute Gasteiger partial charge is 0.237 e. The average Bonchev–Trinajstić information content (AvgIpc) is 3.06. The predicted octanol–water partition coefficient (Wildman–Crippen LogP) is 3.44. The van der Waals surface area contributed by atoms with E-state index in [1.54, 1.807) is 4.57 Å². The number of imidazole rings is 1. The van der Waals surface area contributed by atoms with Crippen molar-refractivity contribution in [3.8, 4) is 0 Å². The molecule has 0 aliphatic heterocycles. The number of nitrogen functional groups attached to an aromatic ring is 1. The molecule has 0 radical (unpaired) electrons. The largest absolute Gasteiger partial charge is 0.369 e. The monoisotopic (exact) mass is 355 g/mol. The SMILES string of the molecule is Nc1nc2ccccc2n1C(=O)C1Cc2ccc(Br)cc2C1. The van der Waals surface area contributed by atoms with E-state index in [0.717, 1.165) is 28.3 Å². The van der Waals surface area contributed by atoms with Crippen LogP contribution in [0.3, 0.4) is 0 Å². The van der Waals surface area contributed by atoms with Gasteiger partial charge in [-0.2, -0.15) is 0 Å². The number of hydrogen-bond acceptors (Lipinski definition) is 3. The van der Waals surface area contributed by atoms with Gasteiger partial charge in [0.15, 0.2) is 0 Å². The zero-order valence-corrected chi connectivity index (χ0v) is 13.4. The molecule has 0 saturated carbocycles. The molecule has 0 amide bonds. The Hall–Kier alpha value is -2.14. The number of fused-ring (bicyclic) bond motifs is 2. The molecule has 3 aromatic rings. The number of para-hydroxylation sites is 2. The van der Waals surface area contributed by atoms with Gasteiger partial charge in [-0.05, 0) is 48.2 Å². The summed E-state index contributed by atoms with van der Waals surface area (Å²) in [6.45, 7) is 0. The van der Waals surface area contributed by atoms with Crippen molar-refractivity contribution < 1.29 is 4.79 Å². The molecule has 2 N–H and O–H groups in total. The summed E-state index contributed by atoms with van der Waals surface area (Å²) >= 11 is 3.48. The number of rotatable bonds is 1. The van der Waals surface area contributed by atoms with Gasteiger partial charge in [-0.15, -0.1) is 0 Å². The van der Waals surface area contributed by atoms with E-state index in [2.05, 4.69) is 33.0 Å². The summed E-state index contributed by atoms with van der Waals surface area (Å²) in [5.41, 5.74) is 9.98. The van der Waals surface area contributed by atoms with Crippen LogP contribution in [-0.4, -0.2) is 15.5 Å². The molecule has 1 unspecified atom stereocenters. The maximum atomic E-state index is 12.9. The van der Waals surface area contributed by atoms with Gasteiger partial charge < -0.3 is 5.73 Å². The van der Waals surface area contributed by atoms with Crippen LogP contribution in [0, 0.1) is 5.92 Å². The first-order chi connectivity index (χ1) is 10.6. The van der Waals surface area contributed by atoms with Crippen molar-refractivity contribution in [1.82, 2.24) is 9.55 Å². The maximum absolute atomic E-state index is 12.9. The third-order valence-corrected chi connectivity index (χ3v) is 4.75. The number of benzene rings is 2. The molecule has 110 valence electrons. The fraction of sp³-hybridized carbons (Fsp3) is 0.176. The zero-order valence-electron chi connectivity index (χ0n) is 11.8. The first-order valence-corrected chi connectivity index (χ1v) is 7.97. The Morgan fingerprint density at radius 2 is 1.95 bits per heavy atom. The van der Waals surface area contributed by atoms with Crippen LogP contribution < -0.4 is 5.73 Å². The highest BCUT2D eigenvalue weighted by atomic mass is 79.9. The van der Waals surface area contributed by atoms with Crippen LogP contribution in [0.2, 0.25) is 0 Å². The number of carbonyl (C=O) groups is 1. The quantitative estimate of drug-likeness (QED) is 0.727. The fourth-order valence-corrected chi connectivity index (χ4v) is 3.63. The van der Waals surface area contributed by atoms with E-state index in [0.29, 0.717) is 0 Å². The van der Waals surface area contributed by atoms with Crippen molar-refractivity contribution in [3.05, 3.63) is 58.1 Å². The molecule has 4 rings (SSSR count). The summed E-state index contributed by atoms with van der Waals surface area (Å²) < 4.78 is 2.60. The Bertz CT molecular complexity index is 900. The molecule has 0 saturated heterocycles. The summed E-state index contributed by atoms with van der Waals surface area (Å²) in [5, 5.41) is 0. The van der Waals surface area contributed by atoms with E-state index in [-0.39, 0.29) is 17.8 Å². The number of anilines is 1. The Morgan fingerprint density at radius 1 is 1.18 bits per heavy atom. The van der Waals surface area contributed by atoms with Crippen molar-refractivity contribution in [2.24, 2.45) is 5.92 Å². The van der Waals surface area contributed by atoms with E-state index in [4.69, 9.17) is 5.73 Å². The van der Waals surface area contributed by atoms with Gasteiger partial charge in [0, 0.05) is 10.4 Å². The minimum atomic E-state index is -0.0794. The van der Waals surface area contributed by atoms with E-state index >= 15 is 0 Å². The van der Waals surface area contributed by atoms with E-state index in [1.807, 2.05) is 30.3 Å². The van der Waals surface area contributed by atoms with Crippen molar-refractivity contribution in [1.29, 1.82) is 0 Å². The Labute approximate surface area is 136 Å². The molecule has 1 atom stereocenters. The first-order valence-electron chi connectivity index (χ1n) is 7.18.